The van der Waals surface area contributed by atoms with Gasteiger partial charge >= 0.3 is 0 Å². The van der Waals surface area contributed by atoms with Crippen molar-refractivity contribution >= 4 is 50.9 Å². The molecule has 0 spiro atoms. The average Bonchev–Trinajstić information content (AvgIpc) is 3.69. The fourth-order valence-electron chi connectivity index (χ4n) is 5.42. The number of hydrogen-bond acceptors (Lipinski definition) is 7. The van der Waals surface area contributed by atoms with Gasteiger partial charge in [-0.3, -0.25) is 14.6 Å². The average molecular weight is 600 g/mol. The maximum Gasteiger partial charge on any atom is 0.261 e. The monoisotopic (exact) mass is 599 g/mol. The highest BCUT2D eigenvalue weighted by molar-refractivity contribution is 6.45. The zero-order valence-corrected chi connectivity index (χ0v) is 23.6. The molecule has 0 unspecified atom stereocenters. The Morgan fingerprint density at radius 1 is 1.05 bits per heavy atom. The molecule has 10 nitrogen and oxygen atoms in total. The van der Waals surface area contributed by atoms with E-state index in [9.17, 15) is 9.59 Å². The predicted octanol–water partition coefficient (Wildman–Crippen LogP) is 5.70. The lowest BCUT2D eigenvalue weighted by molar-refractivity contribution is 0.0710. The van der Waals surface area contributed by atoms with Crippen LogP contribution in [0.4, 0.5) is 0 Å². The number of aromatic nitrogens is 6. The van der Waals surface area contributed by atoms with Crippen LogP contribution in [0.1, 0.15) is 40.6 Å². The molecule has 0 saturated carbocycles. The van der Waals surface area contributed by atoms with Crippen molar-refractivity contribution in [3.8, 4) is 11.3 Å². The first-order valence-electron chi connectivity index (χ1n) is 13.4. The first-order chi connectivity index (χ1) is 20.4. The number of pyridine rings is 2. The molecule has 42 heavy (non-hydrogen) atoms. The van der Waals surface area contributed by atoms with Gasteiger partial charge in [-0.15, -0.1) is 5.10 Å². The quantitative estimate of drug-likeness (QED) is 0.269. The summed E-state index contributed by atoms with van der Waals surface area (Å²) in [6, 6.07) is 16.8. The SMILES string of the molecule is O=C(c1cc2ccc(Cl)c(Cl)c2[nH]c1=O)N1CCC(c2cc(Cn3cc(-c4ccc5ncccc5c4)nn3)on2)CC1. The van der Waals surface area contributed by atoms with Gasteiger partial charge < -0.3 is 14.4 Å². The molecule has 1 saturated heterocycles. The van der Waals surface area contributed by atoms with Crippen molar-refractivity contribution in [2.45, 2.75) is 25.3 Å². The maximum atomic E-state index is 13.2. The van der Waals surface area contributed by atoms with Crippen molar-refractivity contribution in [1.82, 2.24) is 35.0 Å². The maximum absolute atomic E-state index is 13.2. The van der Waals surface area contributed by atoms with E-state index in [1.54, 1.807) is 34.0 Å². The first kappa shape index (κ1) is 26.4. The molecular weight excluding hydrogens is 577 g/mol. The number of nitrogens with zero attached hydrogens (tertiary/aromatic N) is 6. The number of fused-ring (bicyclic) bond motifs is 2. The van der Waals surface area contributed by atoms with E-state index < -0.39 is 5.56 Å². The second-order valence-corrected chi connectivity index (χ2v) is 11.1. The van der Waals surface area contributed by atoms with Crippen molar-refractivity contribution in [3.05, 3.63) is 104 Å². The number of likely N-dealkylation sites (tertiary alicyclic amines) is 1. The summed E-state index contributed by atoms with van der Waals surface area (Å²) in [5.74, 6) is 0.497. The van der Waals surface area contributed by atoms with Crippen LogP contribution in [0.25, 0.3) is 33.1 Å². The Bertz CT molecular complexity index is 2030. The molecule has 0 atom stereocenters. The fraction of sp³-hybridized carbons (Fsp3) is 0.200. The zero-order valence-electron chi connectivity index (χ0n) is 22.1. The van der Waals surface area contributed by atoms with Crippen LogP contribution < -0.4 is 5.56 Å². The highest BCUT2D eigenvalue weighted by Crippen LogP contribution is 2.31. The molecule has 2 aromatic carbocycles. The van der Waals surface area contributed by atoms with Gasteiger partial charge in [-0.2, -0.15) is 0 Å². The molecule has 4 aromatic heterocycles. The van der Waals surface area contributed by atoms with Crippen LogP contribution in [0.15, 0.2) is 76.3 Å². The molecule has 1 amide bonds. The lowest BCUT2D eigenvalue weighted by Gasteiger charge is -2.31. The van der Waals surface area contributed by atoms with Gasteiger partial charge in [-0.05, 0) is 43.2 Å². The molecule has 6 aromatic rings. The second kappa shape index (κ2) is 10.7. The number of benzene rings is 2. The molecule has 0 bridgehead atoms. The van der Waals surface area contributed by atoms with Crippen molar-refractivity contribution in [2.75, 3.05) is 13.1 Å². The minimum Gasteiger partial charge on any atom is -0.359 e. The normalized spacial score (nSPS) is 14.2. The predicted molar refractivity (Wildman–Crippen MR) is 159 cm³/mol. The van der Waals surface area contributed by atoms with E-state index in [0.29, 0.717) is 54.2 Å². The van der Waals surface area contributed by atoms with Crippen LogP contribution in [0.5, 0.6) is 0 Å². The smallest absolute Gasteiger partial charge is 0.261 e. The Labute approximate surface area is 248 Å². The van der Waals surface area contributed by atoms with Gasteiger partial charge in [-0.25, -0.2) is 4.68 Å². The topological polar surface area (TPSA) is 123 Å². The molecule has 1 aliphatic heterocycles. The number of amides is 1. The molecule has 7 rings (SSSR count). The van der Waals surface area contributed by atoms with Gasteiger partial charge in [0.25, 0.3) is 11.5 Å². The number of H-pyrrole nitrogens is 1. The Hall–Kier alpha value is -4.54. The molecule has 210 valence electrons. The first-order valence-corrected chi connectivity index (χ1v) is 14.2. The Kier molecular flexibility index (Phi) is 6.72. The van der Waals surface area contributed by atoms with E-state index in [1.807, 2.05) is 42.6 Å². The third-order valence-corrected chi connectivity index (χ3v) is 8.48. The number of piperidine rings is 1. The molecule has 0 radical (unpaired) electrons. The van der Waals surface area contributed by atoms with E-state index >= 15 is 0 Å². The minimum atomic E-state index is -0.492. The summed E-state index contributed by atoms with van der Waals surface area (Å²) in [6.45, 7) is 1.39. The number of halogens is 2. The summed E-state index contributed by atoms with van der Waals surface area (Å²) in [5, 5.41) is 15.2. The van der Waals surface area contributed by atoms with Crippen LogP contribution in [-0.4, -0.2) is 54.0 Å². The molecule has 1 aliphatic rings. The van der Waals surface area contributed by atoms with Gasteiger partial charge in [0.15, 0.2) is 5.76 Å². The molecule has 12 heteroatoms. The highest BCUT2D eigenvalue weighted by atomic mass is 35.5. The van der Waals surface area contributed by atoms with E-state index in [4.69, 9.17) is 27.7 Å². The number of aromatic amines is 1. The number of hydrogen-bond donors (Lipinski definition) is 1. The van der Waals surface area contributed by atoms with Gasteiger partial charge in [0.1, 0.15) is 17.8 Å². The summed E-state index contributed by atoms with van der Waals surface area (Å²) < 4.78 is 7.34. The van der Waals surface area contributed by atoms with Crippen LogP contribution >= 0.6 is 23.2 Å². The van der Waals surface area contributed by atoms with Crippen LogP contribution in [0, 0.1) is 0 Å². The fourth-order valence-corrected chi connectivity index (χ4v) is 5.80. The van der Waals surface area contributed by atoms with Crippen molar-refractivity contribution in [2.24, 2.45) is 0 Å². The van der Waals surface area contributed by atoms with Crippen molar-refractivity contribution in [3.63, 3.8) is 0 Å². The summed E-state index contributed by atoms with van der Waals surface area (Å²) >= 11 is 12.3. The van der Waals surface area contributed by atoms with Crippen molar-refractivity contribution in [1.29, 1.82) is 0 Å². The summed E-state index contributed by atoms with van der Waals surface area (Å²) in [5.41, 5.74) is 3.49. The summed E-state index contributed by atoms with van der Waals surface area (Å²) in [7, 11) is 0. The van der Waals surface area contributed by atoms with Crippen LogP contribution in [0.2, 0.25) is 10.0 Å². The molecule has 1 fully saturated rings. The Morgan fingerprint density at radius 2 is 1.90 bits per heavy atom. The molecule has 0 aliphatic carbocycles. The number of rotatable bonds is 5. The molecule has 1 N–H and O–H groups in total. The van der Waals surface area contributed by atoms with E-state index in [0.717, 1.165) is 27.9 Å². The van der Waals surface area contributed by atoms with E-state index in [1.165, 1.54) is 0 Å². The Balaban J connectivity index is 0.998. The van der Waals surface area contributed by atoms with Crippen LogP contribution in [-0.2, 0) is 6.54 Å². The standard InChI is InChI=1S/C30H23Cl2N7O3/c31-23-5-3-20-13-22(29(40)34-28(20)27(23)32)30(41)38-10-7-17(8-11-38)25-14-21(42-36-25)15-39-16-26(35-37-39)19-4-6-24-18(12-19)2-1-9-33-24/h1-6,9,12-14,16-17H,7-8,10-11,15H2,(H,34,40). The van der Waals surface area contributed by atoms with E-state index in [2.05, 4.69) is 25.4 Å². The van der Waals surface area contributed by atoms with Crippen molar-refractivity contribution < 1.29 is 9.32 Å². The number of nitrogens with one attached hydrogen (secondary N) is 1. The third kappa shape index (κ3) is 4.93. The molecule has 5 heterocycles. The largest absolute Gasteiger partial charge is 0.359 e. The summed E-state index contributed by atoms with van der Waals surface area (Å²) in [6.07, 6.45) is 5.06. The lowest BCUT2D eigenvalue weighted by atomic mass is 9.93. The highest BCUT2D eigenvalue weighted by Gasteiger charge is 2.28. The van der Waals surface area contributed by atoms with Gasteiger partial charge in [0.05, 0.1) is 33.0 Å². The minimum absolute atomic E-state index is 0.0793. The Morgan fingerprint density at radius 3 is 2.76 bits per heavy atom. The number of carbonyl (C=O) groups is 1. The zero-order chi connectivity index (χ0) is 28.8. The summed E-state index contributed by atoms with van der Waals surface area (Å²) in [4.78, 5) is 34.7. The lowest BCUT2D eigenvalue weighted by Crippen LogP contribution is -2.40. The number of carbonyl (C=O) groups excluding carboxylic acids is 1. The van der Waals surface area contributed by atoms with Crippen LogP contribution in [0.3, 0.4) is 0 Å². The second-order valence-electron chi connectivity index (χ2n) is 10.3. The van der Waals surface area contributed by atoms with Gasteiger partial charge in [-0.1, -0.05) is 51.8 Å². The van der Waals surface area contributed by atoms with Gasteiger partial charge in [0.2, 0.25) is 0 Å². The third-order valence-electron chi connectivity index (χ3n) is 7.67. The van der Waals surface area contributed by atoms with E-state index in [-0.39, 0.29) is 22.4 Å². The molecular formula is C30H23Cl2N7O3. The van der Waals surface area contributed by atoms with Gasteiger partial charge in [0, 0.05) is 47.6 Å².